The van der Waals surface area contributed by atoms with E-state index in [9.17, 15) is 14.0 Å². The van der Waals surface area contributed by atoms with E-state index in [4.69, 9.17) is 9.84 Å². The molecule has 0 heterocycles. The predicted molar refractivity (Wildman–Crippen MR) is 76.2 cm³/mol. The number of carboxylic acid groups (broad SMARTS) is 1. The van der Waals surface area contributed by atoms with Crippen LogP contribution in [0.15, 0.2) is 18.2 Å². The van der Waals surface area contributed by atoms with Crippen LogP contribution in [0.3, 0.4) is 0 Å². The highest BCUT2D eigenvalue weighted by Crippen LogP contribution is 2.19. The molecule has 0 aromatic heterocycles. The molecule has 0 saturated heterocycles. The number of rotatable bonds is 8. The number of ether oxygens (including phenoxy) is 1. The minimum Gasteiger partial charge on any atom is -0.494 e. The SMILES string of the molecule is CCC(C)NC(CC(=O)O)C(=O)c1ccc(OC)c(F)c1. The molecule has 0 spiro atoms. The Kier molecular flexibility index (Phi) is 6.30. The van der Waals surface area contributed by atoms with Crippen molar-refractivity contribution in [3.05, 3.63) is 29.6 Å². The first-order valence-corrected chi connectivity index (χ1v) is 6.74. The number of carbonyl (C=O) groups excluding carboxylic acids is 1. The Bertz CT molecular complexity index is 518. The number of methoxy groups -OCH3 is 1. The number of benzene rings is 1. The quantitative estimate of drug-likeness (QED) is 0.720. The molecular formula is C15H20FNO4. The van der Waals surface area contributed by atoms with Crippen LogP contribution in [0.4, 0.5) is 4.39 Å². The Balaban J connectivity index is 2.98. The van der Waals surface area contributed by atoms with Crippen LogP contribution in [0.25, 0.3) is 0 Å². The Morgan fingerprint density at radius 2 is 2.10 bits per heavy atom. The molecule has 0 saturated carbocycles. The van der Waals surface area contributed by atoms with Crippen LogP contribution >= 0.6 is 0 Å². The topological polar surface area (TPSA) is 75.6 Å². The van der Waals surface area contributed by atoms with Gasteiger partial charge in [-0.3, -0.25) is 9.59 Å². The van der Waals surface area contributed by atoms with Gasteiger partial charge < -0.3 is 15.2 Å². The summed E-state index contributed by atoms with van der Waals surface area (Å²) in [5.41, 5.74) is 0.121. The highest BCUT2D eigenvalue weighted by Gasteiger charge is 2.24. The Hall–Kier alpha value is -1.95. The van der Waals surface area contributed by atoms with Crippen LogP contribution in [0, 0.1) is 5.82 Å². The van der Waals surface area contributed by atoms with E-state index >= 15 is 0 Å². The number of carbonyl (C=O) groups is 2. The lowest BCUT2D eigenvalue weighted by molar-refractivity contribution is -0.137. The van der Waals surface area contributed by atoms with E-state index in [2.05, 4.69) is 5.32 Å². The molecule has 1 aromatic carbocycles. The second-order valence-corrected chi connectivity index (χ2v) is 4.84. The minimum absolute atomic E-state index is 0.0126. The van der Waals surface area contributed by atoms with Crippen LogP contribution in [0.2, 0.25) is 0 Å². The van der Waals surface area contributed by atoms with Crippen molar-refractivity contribution in [1.29, 1.82) is 0 Å². The standard InChI is InChI=1S/C15H20FNO4/c1-4-9(2)17-12(8-14(18)19)15(20)10-5-6-13(21-3)11(16)7-10/h5-7,9,12,17H,4,8H2,1-3H3,(H,18,19). The number of hydrogen-bond donors (Lipinski definition) is 2. The second-order valence-electron chi connectivity index (χ2n) is 4.84. The van der Waals surface area contributed by atoms with E-state index < -0.39 is 23.6 Å². The van der Waals surface area contributed by atoms with Crippen LogP contribution in [0.5, 0.6) is 5.75 Å². The fourth-order valence-corrected chi connectivity index (χ4v) is 1.88. The van der Waals surface area contributed by atoms with Crippen LogP contribution in [-0.4, -0.2) is 36.1 Å². The molecule has 0 aliphatic carbocycles. The molecule has 0 amide bonds. The Labute approximate surface area is 123 Å². The van der Waals surface area contributed by atoms with Crippen molar-refractivity contribution in [2.45, 2.75) is 38.8 Å². The lowest BCUT2D eigenvalue weighted by Crippen LogP contribution is -2.43. The molecule has 2 N–H and O–H groups in total. The van der Waals surface area contributed by atoms with E-state index in [1.807, 2.05) is 13.8 Å². The highest BCUT2D eigenvalue weighted by atomic mass is 19.1. The van der Waals surface area contributed by atoms with Crippen molar-refractivity contribution < 1.29 is 23.8 Å². The first kappa shape index (κ1) is 17.1. The molecule has 0 fully saturated rings. The fourth-order valence-electron chi connectivity index (χ4n) is 1.88. The maximum Gasteiger partial charge on any atom is 0.305 e. The summed E-state index contributed by atoms with van der Waals surface area (Å²) < 4.78 is 18.4. The van der Waals surface area contributed by atoms with Gasteiger partial charge in [-0.05, 0) is 31.5 Å². The number of hydrogen-bond acceptors (Lipinski definition) is 4. The molecule has 2 atom stereocenters. The zero-order valence-corrected chi connectivity index (χ0v) is 12.4. The molecule has 0 bridgehead atoms. The van der Waals surface area contributed by atoms with E-state index in [0.717, 1.165) is 12.5 Å². The summed E-state index contributed by atoms with van der Waals surface area (Å²) in [5, 5.41) is 11.9. The highest BCUT2D eigenvalue weighted by molar-refractivity contribution is 6.01. The summed E-state index contributed by atoms with van der Waals surface area (Å²) in [6.07, 6.45) is 0.400. The van der Waals surface area contributed by atoms with Gasteiger partial charge in [0.25, 0.3) is 0 Å². The van der Waals surface area contributed by atoms with Gasteiger partial charge in [-0.2, -0.15) is 0 Å². The molecule has 116 valence electrons. The summed E-state index contributed by atoms with van der Waals surface area (Å²) in [6, 6.07) is 2.95. The summed E-state index contributed by atoms with van der Waals surface area (Å²) >= 11 is 0. The monoisotopic (exact) mass is 297 g/mol. The van der Waals surface area contributed by atoms with Gasteiger partial charge in [0.1, 0.15) is 0 Å². The minimum atomic E-state index is -1.09. The molecule has 21 heavy (non-hydrogen) atoms. The maximum atomic E-state index is 13.7. The largest absolute Gasteiger partial charge is 0.494 e. The van der Waals surface area contributed by atoms with Gasteiger partial charge in [0, 0.05) is 11.6 Å². The molecule has 1 aromatic rings. The number of aliphatic carboxylic acids is 1. The molecule has 5 nitrogen and oxygen atoms in total. The van der Waals surface area contributed by atoms with Gasteiger partial charge in [0.05, 0.1) is 19.6 Å². The average molecular weight is 297 g/mol. The molecule has 0 radical (unpaired) electrons. The molecule has 6 heteroatoms. The predicted octanol–water partition coefficient (Wildman–Crippen LogP) is 2.25. The average Bonchev–Trinajstić information content (AvgIpc) is 2.45. The normalized spacial score (nSPS) is 13.5. The number of ketones is 1. The third kappa shape index (κ3) is 4.82. The van der Waals surface area contributed by atoms with Crippen molar-refractivity contribution in [1.82, 2.24) is 5.32 Å². The summed E-state index contributed by atoms with van der Waals surface area (Å²) in [6.45, 7) is 3.78. The van der Waals surface area contributed by atoms with E-state index in [1.165, 1.54) is 19.2 Å². The van der Waals surface area contributed by atoms with Crippen molar-refractivity contribution in [3.8, 4) is 5.75 Å². The number of Topliss-reactive ketones (excluding diaryl/α,β-unsaturated/α-hetero) is 1. The summed E-state index contributed by atoms with van der Waals surface area (Å²) in [4.78, 5) is 23.2. The Morgan fingerprint density at radius 3 is 2.57 bits per heavy atom. The molecule has 1 rings (SSSR count). The van der Waals surface area contributed by atoms with E-state index in [-0.39, 0.29) is 23.8 Å². The van der Waals surface area contributed by atoms with Crippen LogP contribution < -0.4 is 10.1 Å². The number of nitrogens with one attached hydrogen (secondary N) is 1. The summed E-state index contributed by atoms with van der Waals surface area (Å²) in [5.74, 6) is -2.14. The van der Waals surface area contributed by atoms with Crippen molar-refractivity contribution in [2.75, 3.05) is 7.11 Å². The molecule has 0 aliphatic heterocycles. The van der Waals surface area contributed by atoms with Gasteiger partial charge in [0.2, 0.25) is 0 Å². The fraction of sp³-hybridized carbons (Fsp3) is 0.467. The van der Waals surface area contributed by atoms with Gasteiger partial charge in [-0.25, -0.2) is 4.39 Å². The maximum absolute atomic E-state index is 13.7. The second kappa shape index (κ2) is 7.73. The Morgan fingerprint density at radius 1 is 1.43 bits per heavy atom. The van der Waals surface area contributed by atoms with Crippen molar-refractivity contribution >= 4 is 11.8 Å². The molecular weight excluding hydrogens is 277 g/mol. The molecule has 2 unspecified atom stereocenters. The van der Waals surface area contributed by atoms with Crippen LogP contribution in [-0.2, 0) is 4.79 Å². The summed E-state index contributed by atoms with van der Waals surface area (Å²) in [7, 11) is 1.33. The van der Waals surface area contributed by atoms with E-state index in [0.29, 0.717) is 0 Å². The zero-order chi connectivity index (χ0) is 16.0. The van der Waals surface area contributed by atoms with E-state index in [1.54, 1.807) is 0 Å². The van der Waals surface area contributed by atoms with Gasteiger partial charge in [-0.1, -0.05) is 6.92 Å². The number of halogens is 1. The smallest absolute Gasteiger partial charge is 0.305 e. The van der Waals surface area contributed by atoms with Gasteiger partial charge in [-0.15, -0.1) is 0 Å². The van der Waals surface area contributed by atoms with Gasteiger partial charge in [0.15, 0.2) is 17.3 Å². The lowest BCUT2D eigenvalue weighted by Gasteiger charge is -2.20. The van der Waals surface area contributed by atoms with Crippen LogP contribution in [0.1, 0.15) is 37.0 Å². The van der Waals surface area contributed by atoms with Crippen molar-refractivity contribution in [3.63, 3.8) is 0 Å². The molecule has 0 aliphatic rings. The first-order valence-electron chi connectivity index (χ1n) is 6.74. The lowest BCUT2D eigenvalue weighted by atomic mass is 10.00. The third-order valence-corrected chi connectivity index (χ3v) is 3.23. The van der Waals surface area contributed by atoms with Gasteiger partial charge >= 0.3 is 5.97 Å². The number of carboxylic acids is 1. The van der Waals surface area contributed by atoms with Crippen molar-refractivity contribution in [2.24, 2.45) is 0 Å². The zero-order valence-electron chi connectivity index (χ0n) is 12.4. The first-order chi connectivity index (χ1) is 9.88. The third-order valence-electron chi connectivity index (χ3n) is 3.23.